The smallest absolute Gasteiger partial charge is 0.339 e. The normalized spacial score (nSPS) is 14.3. The van der Waals surface area contributed by atoms with E-state index in [2.05, 4.69) is 15.9 Å². The Labute approximate surface area is 182 Å². The molecule has 6 nitrogen and oxygen atoms in total. The summed E-state index contributed by atoms with van der Waals surface area (Å²) in [6.07, 6.45) is 1.63. The molecular formula is C22H15BrO6S. The summed E-state index contributed by atoms with van der Waals surface area (Å²) in [4.78, 5) is 12.6. The third kappa shape index (κ3) is 4.10. The van der Waals surface area contributed by atoms with Crippen LogP contribution in [-0.4, -0.2) is 21.3 Å². The molecule has 0 aromatic heterocycles. The van der Waals surface area contributed by atoms with Crippen LogP contribution in [0.4, 0.5) is 0 Å². The van der Waals surface area contributed by atoms with Gasteiger partial charge in [-0.25, -0.2) is 0 Å². The van der Waals surface area contributed by atoms with Crippen LogP contribution in [0.2, 0.25) is 0 Å². The molecule has 1 heterocycles. The zero-order valence-electron chi connectivity index (χ0n) is 15.7. The molecular weight excluding hydrogens is 472 g/mol. The topological polar surface area (TPSA) is 78.9 Å². The van der Waals surface area contributed by atoms with Crippen molar-refractivity contribution in [2.75, 3.05) is 7.11 Å². The van der Waals surface area contributed by atoms with Crippen molar-refractivity contribution in [1.82, 2.24) is 0 Å². The van der Waals surface area contributed by atoms with E-state index in [1.54, 1.807) is 6.08 Å². The summed E-state index contributed by atoms with van der Waals surface area (Å²) in [6, 6.07) is 17.5. The number of methoxy groups -OCH3 is 1. The number of ether oxygens (including phenoxy) is 2. The average molecular weight is 487 g/mol. The molecule has 1 aliphatic rings. The Bertz CT molecular complexity index is 1250. The van der Waals surface area contributed by atoms with Gasteiger partial charge in [0.1, 0.15) is 22.1 Å². The minimum atomic E-state index is -4.05. The highest BCUT2D eigenvalue weighted by molar-refractivity contribution is 9.10. The number of hydrogen-bond acceptors (Lipinski definition) is 6. The van der Waals surface area contributed by atoms with Crippen LogP contribution in [0.15, 0.2) is 81.9 Å². The summed E-state index contributed by atoms with van der Waals surface area (Å²) >= 11 is 3.36. The first-order chi connectivity index (χ1) is 14.4. The van der Waals surface area contributed by atoms with Gasteiger partial charge in [0.2, 0.25) is 5.78 Å². The highest BCUT2D eigenvalue weighted by atomic mass is 79.9. The van der Waals surface area contributed by atoms with Crippen molar-refractivity contribution in [3.63, 3.8) is 0 Å². The number of fused-ring (bicyclic) bond motifs is 1. The van der Waals surface area contributed by atoms with E-state index in [9.17, 15) is 13.2 Å². The van der Waals surface area contributed by atoms with Crippen molar-refractivity contribution in [3.8, 4) is 17.2 Å². The van der Waals surface area contributed by atoms with Crippen LogP contribution in [0.5, 0.6) is 17.2 Å². The SMILES string of the molecule is COc1ccc(S(=O)(=O)Oc2ccc3c(c2)O/C(=C\c2ccc(Br)cc2)C3=O)cc1. The van der Waals surface area contributed by atoms with E-state index in [1.807, 2.05) is 24.3 Å². The number of carbonyl (C=O) groups excluding carboxylic acids is 1. The van der Waals surface area contributed by atoms with E-state index in [0.29, 0.717) is 11.3 Å². The van der Waals surface area contributed by atoms with E-state index < -0.39 is 10.1 Å². The van der Waals surface area contributed by atoms with Crippen LogP contribution in [0.1, 0.15) is 15.9 Å². The summed E-state index contributed by atoms with van der Waals surface area (Å²) < 4.78 is 41.8. The predicted octanol–water partition coefficient (Wildman–Crippen LogP) is 4.84. The van der Waals surface area contributed by atoms with Crippen molar-refractivity contribution in [1.29, 1.82) is 0 Å². The van der Waals surface area contributed by atoms with Crippen molar-refractivity contribution in [2.24, 2.45) is 0 Å². The van der Waals surface area contributed by atoms with Gasteiger partial charge in [-0.2, -0.15) is 8.42 Å². The molecule has 152 valence electrons. The van der Waals surface area contributed by atoms with Crippen LogP contribution in [0.25, 0.3) is 6.08 Å². The summed E-state index contributed by atoms with van der Waals surface area (Å²) in [5.74, 6) is 0.691. The molecule has 0 N–H and O–H groups in total. The maximum absolute atomic E-state index is 12.6. The van der Waals surface area contributed by atoms with Crippen LogP contribution in [-0.2, 0) is 10.1 Å². The molecule has 0 aliphatic carbocycles. The summed E-state index contributed by atoms with van der Waals surface area (Å²) in [7, 11) is -2.56. The summed E-state index contributed by atoms with van der Waals surface area (Å²) in [5.41, 5.74) is 1.14. The second-order valence-electron chi connectivity index (χ2n) is 6.36. The third-order valence-electron chi connectivity index (χ3n) is 4.36. The number of allylic oxidation sites excluding steroid dienone is 1. The predicted molar refractivity (Wildman–Crippen MR) is 114 cm³/mol. The summed E-state index contributed by atoms with van der Waals surface area (Å²) in [6.45, 7) is 0. The van der Waals surface area contributed by atoms with Crippen molar-refractivity contribution in [3.05, 3.63) is 88.1 Å². The molecule has 0 saturated carbocycles. The van der Waals surface area contributed by atoms with Gasteiger partial charge in [0.05, 0.1) is 12.7 Å². The number of ketones is 1. The van der Waals surface area contributed by atoms with Crippen molar-refractivity contribution >= 4 is 37.9 Å². The molecule has 0 saturated heterocycles. The first-order valence-electron chi connectivity index (χ1n) is 8.78. The fourth-order valence-corrected chi connectivity index (χ4v) is 4.03. The van der Waals surface area contributed by atoms with Gasteiger partial charge in [-0.3, -0.25) is 4.79 Å². The van der Waals surface area contributed by atoms with Crippen LogP contribution < -0.4 is 13.7 Å². The Morgan fingerprint density at radius 2 is 1.60 bits per heavy atom. The Morgan fingerprint density at radius 1 is 0.933 bits per heavy atom. The number of halogens is 1. The number of Topliss-reactive ketones (excluding diaryl/α,β-unsaturated/α-hetero) is 1. The van der Waals surface area contributed by atoms with E-state index in [4.69, 9.17) is 13.7 Å². The van der Waals surface area contributed by atoms with Crippen LogP contribution in [0.3, 0.4) is 0 Å². The largest absolute Gasteiger partial charge is 0.497 e. The first-order valence-corrected chi connectivity index (χ1v) is 11.0. The highest BCUT2D eigenvalue weighted by Crippen LogP contribution is 2.35. The fraction of sp³-hybridized carbons (Fsp3) is 0.0455. The van der Waals surface area contributed by atoms with Gasteiger partial charge < -0.3 is 13.7 Å². The van der Waals surface area contributed by atoms with E-state index in [1.165, 1.54) is 49.6 Å². The molecule has 0 atom stereocenters. The van der Waals surface area contributed by atoms with Gasteiger partial charge in [-0.05, 0) is 60.2 Å². The van der Waals surface area contributed by atoms with E-state index in [0.717, 1.165) is 10.0 Å². The van der Waals surface area contributed by atoms with Crippen LogP contribution in [0, 0.1) is 0 Å². The third-order valence-corrected chi connectivity index (χ3v) is 6.15. The quantitative estimate of drug-likeness (QED) is 0.379. The molecule has 1 aliphatic heterocycles. The standard InChI is InChI=1S/C22H15BrO6S/c1-27-16-6-9-18(10-7-16)30(25,26)29-17-8-11-19-20(13-17)28-21(22(19)24)12-14-2-4-15(23)5-3-14/h2-13H,1H3/b21-12-. The second-order valence-corrected chi connectivity index (χ2v) is 8.82. The van der Waals surface area contributed by atoms with E-state index in [-0.39, 0.29) is 27.9 Å². The number of benzene rings is 3. The maximum atomic E-state index is 12.6. The van der Waals surface area contributed by atoms with Crippen LogP contribution >= 0.6 is 15.9 Å². The molecule has 0 spiro atoms. The molecule has 4 rings (SSSR count). The molecule has 0 amide bonds. The lowest BCUT2D eigenvalue weighted by Gasteiger charge is -2.08. The number of carbonyl (C=O) groups is 1. The Hall–Kier alpha value is -3.10. The van der Waals surface area contributed by atoms with Gasteiger partial charge in [0.15, 0.2) is 5.76 Å². The minimum Gasteiger partial charge on any atom is -0.497 e. The fourth-order valence-electron chi connectivity index (χ4n) is 2.85. The van der Waals surface area contributed by atoms with Gasteiger partial charge in [0, 0.05) is 10.5 Å². The maximum Gasteiger partial charge on any atom is 0.339 e. The lowest BCUT2D eigenvalue weighted by molar-refractivity contribution is 0.101. The Balaban J connectivity index is 1.57. The zero-order chi connectivity index (χ0) is 21.3. The van der Waals surface area contributed by atoms with Gasteiger partial charge in [0.25, 0.3) is 0 Å². The Morgan fingerprint density at radius 3 is 2.27 bits per heavy atom. The molecule has 0 fully saturated rings. The monoisotopic (exact) mass is 486 g/mol. The Kier molecular flexibility index (Phi) is 5.36. The van der Waals surface area contributed by atoms with E-state index >= 15 is 0 Å². The molecule has 0 bridgehead atoms. The van der Waals surface area contributed by atoms with Gasteiger partial charge >= 0.3 is 10.1 Å². The van der Waals surface area contributed by atoms with Crippen molar-refractivity contribution in [2.45, 2.75) is 4.90 Å². The molecule has 3 aromatic rings. The molecule has 3 aromatic carbocycles. The molecule has 0 radical (unpaired) electrons. The minimum absolute atomic E-state index is 0.0170. The number of hydrogen-bond donors (Lipinski definition) is 0. The first kappa shape index (κ1) is 20.2. The second kappa shape index (κ2) is 7.97. The highest BCUT2D eigenvalue weighted by Gasteiger charge is 2.28. The summed E-state index contributed by atoms with van der Waals surface area (Å²) in [5, 5.41) is 0. The molecule has 8 heteroatoms. The lowest BCUT2D eigenvalue weighted by atomic mass is 10.1. The van der Waals surface area contributed by atoms with Crippen molar-refractivity contribution < 1.29 is 26.9 Å². The molecule has 0 unspecified atom stereocenters. The average Bonchev–Trinajstić information content (AvgIpc) is 3.04. The zero-order valence-corrected chi connectivity index (χ0v) is 18.1. The molecule has 30 heavy (non-hydrogen) atoms. The van der Waals surface area contributed by atoms with Gasteiger partial charge in [-0.1, -0.05) is 28.1 Å². The van der Waals surface area contributed by atoms with Gasteiger partial charge in [-0.15, -0.1) is 0 Å². The number of rotatable bonds is 5. The lowest BCUT2D eigenvalue weighted by Crippen LogP contribution is -2.09.